The Morgan fingerprint density at radius 1 is 1.26 bits per heavy atom. The van der Waals surface area contributed by atoms with Crippen LogP contribution in [0.15, 0.2) is 53.9 Å². The number of aromatic nitrogens is 1. The highest BCUT2D eigenvalue weighted by molar-refractivity contribution is 5.81. The van der Waals surface area contributed by atoms with Gasteiger partial charge in [0.15, 0.2) is 0 Å². The molecule has 3 N–H and O–H groups in total. The molecule has 0 spiro atoms. The molecule has 0 aliphatic rings. The number of pyridine rings is 1. The summed E-state index contributed by atoms with van der Waals surface area (Å²) in [4.78, 5) is 14.4. The van der Waals surface area contributed by atoms with Gasteiger partial charge in [-0.25, -0.2) is 10.2 Å². The third-order valence-electron chi connectivity index (χ3n) is 2.14. The van der Waals surface area contributed by atoms with E-state index in [0.29, 0.717) is 11.5 Å². The molecule has 0 unspecified atom stereocenters. The standard InChI is InChI=1S/C13H12N4O2/c14-13(18)17-16-8-10-3-5-11(6-4-10)19-12-2-1-7-15-9-12/h1-9H,(H3,14,17,18). The van der Waals surface area contributed by atoms with Crippen molar-refractivity contribution in [2.75, 3.05) is 0 Å². The van der Waals surface area contributed by atoms with Gasteiger partial charge in [0, 0.05) is 6.20 Å². The first-order valence-corrected chi connectivity index (χ1v) is 5.50. The van der Waals surface area contributed by atoms with Crippen LogP contribution in [0.25, 0.3) is 0 Å². The number of primary amides is 1. The zero-order valence-corrected chi connectivity index (χ0v) is 9.98. The molecule has 1 aromatic heterocycles. The van der Waals surface area contributed by atoms with Gasteiger partial charge in [-0.05, 0) is 42.0 Å². The number of nitrogens with two attached hydrogens (primary N) is 1. The summed E-state index contributed by atoms with van der Waals surface area (Å²) in [5.41, 5.74) is 7.81. The second-order valence-corrected chi connectivity index (χ2v) is 3.59. The highest BCUT2D eigenvalue weighted by Crippen LogP contribution is 2.19. The molecule has 6 nitrogen and oxygen atoms in total. The topological polar surface area (TPSA) is 89.6 Å². The molecule has 2 amide bonds. The number of hydrazone groups is 1. The van der Waals surface area contributed by atoms with E-state index in [9.17, 15) is 4.79 Å². The summed E-state index contributed by atoms with van der Waals surface area (Å²) in [6.07, 6.45) is 4.79. The fraction of sp³-hybridized carbons (Fsp3) is 0. The molecule has 2 rings (SSSR count). The fourth-order valence-electron chi connectivity index (χ4n) is 1.34. The van der Waals surface area contributed by atoms with Crippen molar-refractivity contribution in [3.8, 4) is 11.5 Å². The van der Waals surface area contributed by atoms with Gasteiger partial charge in [0.05, 0.1) is 12.4 Å². The Morgan fingerprint density at radius 3 is 2.68 bits per heavy atom. The van der Waals surface area contributed by atoms with Crippen LogP contribution in [0.5, 0.6) is 11.5 Å². The highest BCUT2D eigenvalue weighted by Gasteiger charge is 1.96. The van der Waals surface area contributed by atoms with Crippen LogP contribution in [0.4, 0.5) is 4.79 Å². The molecule has 0 saturated heterocycles. The van der Waals surface area contributed by atoms with Crippen molar-refractivity contribution >= 4 is 12.2 Å². The molecule has 0 saturated carbocycles. The number of ether oxygens (including phenoxy) is 1. The van der Waals surface area contributed by atoms with E-state index in [2.05, 4.69) is 15.5 Å². The van der Waals surface area contributed by atoms with Crippen molar-refractivity contribution in [3.05, 3.63) is 54.4 Å². The molecule has 1 heterocycles. The number of nitrogens with one attached hydrogen (secondary N) is 1. The van der Waals surface area contributed by atoms with Gasteiger partial charge in [0.25, 0.3) is 0 Å². The van der Waals surface area contributed by atoms with E-state index < -0.39 is 6.03 Å². The molecule has 0 bridgehead atoms. The van der Waals surface area contributed by atoms with E-state index in [1.807, 2.05) is 6.07 Å². The number of hydrogen-bond acceptors (Lipinski definition) is 4. The summed E-state index contributed by atoms with van der Waals surface area (Å²) in [7, 11) is 0. The Morgan fingerprint density at radius 2 is 2.05 bits per heavy atom. The van der Waals surface area contributed by atoms with Crippen LogP contribution in [0.2, 0.25) is 0 Å². The van der Waals surface area contributed by atoms with Crippen molar-refractivity contribution < 1.29 is 9.53 Å². The van der Waals surface area contributed by atoms with Gasteiger partial charge in [0.1, 0.15) is 11.5 Å². The molecule has 0 radical (unpaired) electrons. The summed E-state index contributed by atoms with van der Waals surface area (Å²) in [5.74, 6) is 1.35. The van der Waals surface area contributed by atoms with Crippen molar-refractivity contribution in [2.45, 2.75) is 0 Å². The van der Waals surface area contributed by atoms with E-state index in [1.54, 1.807) is 42.7 Å². The largest absolute Gasteiger partial charge is 0.456 e. The molecule has 0 aliphatic heterocycles. The number of carbonyl (C=O) groups is 1. The van der Waals surface area contributed by atoms with Crippen LogP contribution >= 0.6 is 0 Å². The second-order valence-electron chi connectivity index (χ2n) is 3.59. The molecule has 96 valence electrons. The Labute approximate surface area is 109 Å². The molecule has 0 aliphatic carbocycles. The molecular weight excluding hydrogens is 244 g/mol. The number of carbonyl (C=O) groups excluding carboxylic acids is 1. The van der Waals surface area contributed by atoms with Gasteiger partial charge in [-0.15, -0.1) is 0 Å². The molecule has 1 aromatic carbocycles. The average Bonchev–Trinajstić information content (AvgIpc) is 2.42. The third-order valence-corrected chi connectivity index (χ3v) is 2.14. The lowest BCUT2D eigenvalue weighted by Crippen LogP contribution is -2.24. The average molecular weight is 256 g/mol. The first-order valence-electron chi connectivity index (χ1n) is 5.50. The van der Waals surface area contributed by atoms with Gasteiger partial charge in [-0.3, -0.25) is 4.98 Å². The zero-order chi connectivity index (χ0) is 13.5. The lowest BCUT2D eigenvalue weighted by atomic mass is 10.2. The minimum atomic E-state index is -0.701. The summed E-state index contributed by atoms with van der Waals surface area (Å²) >= 11 is 0. The Kier molecular flexibility index (Phi) is 4.07. The van der Waals surface area contributed by atoms with Gasteiger partial charge >= 0.3 is 6.03 Å². The second kappa shape index (κ2) is 6.15. The number of urea groups is 1. The fourth-order valence-corrected chi connectivity index (χ4v) is 1.34. The van der Waals surface area contributed by atoms with Gasteiger partial charge in [-0.1, -0.05) is 0 Å². The van der Waals surface area contributed by atoms with Crippen molar-refractivity contribution in [1.82, 2.24) is 10.4 Å². The van der Waals surface area contributed by atoms with Crippen LogP contribution in [0, 0.1) is 0 Å². The van der Waals surface area contributed by atoms with Crippen molar-refractivity contribution in [1.29, 1.82) is 0 Å². The summed E-state index contributed by atoms with van der Waals surface area (Å²) in [5, 5.41) is 3.65. The van der Waals surface area contributed by atoms with E-state index in [-0.39, 0.29) is 0 Å². The lowest BCUT2D eigenvalue weighted by Gasteiger charge is -2.04. The monoisotopic (exact) mass is 256 g/mol. The zero-order valence-electron chi connectivity index (χ0n) is 9.98. The number of benzene rings is 1. The number of nitrogens with zero attached hydrogens (tertiary/aromatic N) is 2. The number of rotatable bonds is 4. The predicted octanol–water partition coefficient (Wildman–Crippen LogP) is 1.88. The Balaban J connectivity index is 1.98. The third kappa shape index (κ3) is 4.12. The molecule has 0 fully saturated rings. The molecule has 19 heavy (non-hydrogen) atoms. The van der Waals surface area contributed by atoms with E-state index in [0.717, 1.165) is 5.56 Å². The highest BCUT2D eigenvalue weighted by atomic mass is 16.5. The predicted molar refractivity (Wildman–Crippen MR) is 71.1 cm³/mol. The SMILES string of the molecule is NC(=O)NN=Cc1ccc(Oc2cccnc2)cc1. The molecule has 2 aromatic rings. The van der Waals surface area contributed by atoms with Crippen molar-refractivity contribution in [3.63, 3.8) is 0 Å². The molecular formula is C13H12N4O2. The van der Waals surface area contributed by atoms with E-state index in [4.69, 9.17) is 10.5 Å². The first kappa shape index (κ1) is 12.6. The van der Waals surface area contributed by atoms with Gasteiger partial charge in [0.2, 0.25) is 0 Å². The van der Waals surface area contributed by atoms with E-state index >= 15 is 0 Å². The quantitative estimate of drug-likeness (QED) is 0.646. The van der Waals surface area contributed by atoms with Crippen molar-refractivity contribution in [2.24, 2.45) is 10.8 Å². The summed E-state index contributed by atoms with van der Waals surface area (Å²) in [6.45, 7) is 0. The molecule has 0 atom stereocenters. The van der Waals surface area contributed by atoms with Gasteiger partial charge in [-0.2, -0.15) is 5.10 Å². The maximum Gasteiger partial charge on any atom is 0.332 e. The lowest BCUT2D eigenvalue weighted by molar-refractivity contribution is 0.249. The smallest absolute Gasteiger partial charge is 0.332 e. The Hall–Kier alpha value is -2.89. The first-order chi connectivity index (χ1) is 9.24. The number of hydrogen-bond donors (Lipinski definition) is 2. The summed E-state index contributed by atoms with van der Waals surface area (Å²) < 4.78 is 5.58. The minimum Gasteiger partial charge on any atom is -0.456 e. The number of amides is 2. The van der Waals surface area contributed by atoms with Crippen LogP contribution in [0.3, 0.4) is 0 Å². The maximum absolute atomic E-state index is 10.4. The minimum absolute atomic E-state index is 0.666. The van der Waals surface area contributed by atoms with Crippen LogP contribution in [-0.2, 0) is 0 Å². The van der Waals surface area contributed by atoms with Crippen LogP contribution in [0.1, 0.15) is 5.56 Å². The van der Waals surface area contributed by atoms with Crippen LogP contribution < -0.4 is 15.9 Å². The normalized spacial score (nSPS) is 10.3. The van der Waals surface area contributed by atoms with Gasteiger partial charge < -0.3 is 10.5 Å². The van der Waals surface area contributed by atoms with Crippen LogP contribution in [-0.4, -0.2) is 17.2 Å². The Bertz CT molecular complexity index is 567. The summed E-state index contributed by atoms with van der Waals surface area (Å²) in [6, 6.07) is 10.1. The maximum atomic E-state index is 10.4. The molecule has 6 heteroatoms. The van der Waals surface area contributed by atoms with E-state index in [1.165, 1.54) is 6.21 Å².